The van der Waals surface area contributed by atoms with E-state index in [1.807, 2.05) is 56.3 Å². The topological polar surface area (TPSA) is 94.8 Å². The van der Waals surface area contributed by atoms with Crippen molar-refractivity contribution in [2.45, 2.75) is 77.4 Å². The van der Waals surface area contributed by atoms with Crippen LogP contribution in [0.25, 0.3) is 0 Å². The van der Waals surface area contributed by atoms with Crippen LogP contribution >= 0.6 is 0 Å². The first-order valence-corrected chi connectivity index (χ1v) is 11.6. The molecule has 1 aliphatic carbocycles. The second-order valence-corrected chi connectivity index (χ2v) is 9.24. The van der Waals surface area contributed by atoms with Gasteiger partial charge in [-0.25, -0.2) is 0 Å². The Morgan fingerprint density at radius 1 is 1.13 bits per heavy atom. The number of aryl methyl sites for hydroxylation is 1. The van der Waals surface area contributed by atoms with Crippen molar-refractivity contribution in [1.29, 1.82) is 0 Å². The largest absolute Gasteiger partial charge is 0.481 e. The number of aliphatic carboxylic acids is 1. The Labute approximate surface area is 186 Å². The maximum absolute atomic E-state index is 12.4. The van der Waals surface area contributed by atoms with Gasteiger partial charge in [-0.2, -0.15) is 0 Å². The van der Waals surface area contributed by atoms with Crippen molar-refractivity contribution in [3.8, 4) is 0 Å². The molecule has 1 fully saturated rings. The van der Waals surface area contributed by atoms with Gasteiger partial charge in [0, 0.05) is 12.3 Å². The van der Waals surface area contributed by atoms with Gasteiger partial charge >= 0.3 is 5.97 Å². The molecule has 1 aromatic rings. The number of aliphatic hydroxyl groups excluding tert-OH is 2. The molecule has 31 heavy (non-hydrogen) atoms. The first-order valence-electron chi connectivity index (χ1n) is 11.6. The van der Waals surface area contributed by atoms with Crippen molar-refractivity contribution < 1.29 is 24.9 Å². The van der Waals surface area contributed by atoms with Crippen molar-refractivity contribution in [1.82, 2.24) is 0 Å². The third kappa shape index (κ3) is 8.23. The van der Waals surface area contributed by atoms with Crippen LogP contribution in [0.4, 0.5) is 0 Å². The minimum absolute atomic E-state index is 0.0897. The van der Waals surface area contributed by atoms with Crippen LogP contribution < -0.4 is 0 Å². The first-order chi connectivity index (χ1) is 14.8. The predicted octanol–water partition coefficient (Wildman–Crippen LogP) is 4.41. The monoisotopic (exact) mass is 430 g/mol. The summed E-state index contributed by atoms with van der Waals surface area (Å²) in [5, 5.41) is 30.0. The van der Waals surface area contributed by atoms with Gasteiger partial charge in [-0.1, -0.05) is 56.3 Å². The van der Waals surface area contributed by atoms with Gasteiger partial charge < -0.3 is 15.3 Å². The van der Waals surface area contributed by atoms with E-state index < -0.39 is 18.2 Å². The van der Waals surface area contributed by atoms with Gasteiger partial charge in [0.2, 0.25) is 0 Å². The SMILES string of the molecule is CC(C)C(CCC=CC[C@H]1[C@@H](O)CC(=O)[C@@H]1CC[C@@H](O)CCc1ccccc1)C(=O)O. The number of allylic oxidation sites excluding steroid dienone is 2. The molecule has 1 saturated carbocycles. The van der Waals surface area contributed by atoms with Gasteiger partial charge in [-0.15, -0.1) is 0 Å². The fourth-order valence-corrected chi connectivity index (χ4v) is 4.60. The number of hydrogen-bond acceptors (Lipinski definition) is 4. The van der Waals surface area contributed by atoms with E-state index >= 15 is 0 Å². The number of hydrogen-bond donors (Lipinski definition) is 3. The molecule has 5 nitrogen and oxygen atoms in total. The Balaban J connectivity index is 1.78. The van der Waals surface area contributed by atoms with Crippen molar-refractivity contribution in [3.05, 3.63) is 48.0 Å². The molecule has 0 saturated heterocycles. The maximum atomic E-state index is 12.4. The molecule has 0 spiro atoms. The van der Waals surface area contributed by atoms with Crippen LogP contribution in [0.1, 0.15) is 64.4 Å². The summed E-state index contributed by atoms with van der Waals surface area (Å²) in [6.45, 7) is 3.84. The summed E-state index contributed by atoms with van der Waals surface area (Å²) in [6.07, 6.45) is 7.56. The summed E-state index contributed by atoms with van der Waals surface area (Å²) < 4.78 is 0. The van der Waals surface area contributed by atoms with Gasteiger partial charge in [-0.05, 0) is 62.3 Å². The third-order valence-corrected chi connectivity index (χ3v) is 6.60. The summed E-state index contributed by atoms with van der Waals surface area (Å²) in [5.41, 5.74) is 1.19. The molecule has 0 radical (unpaired) electrons. The van der Waals surface area contributed by atoms with E-state index in [1.54, 1.807) is 0 Å². The van der Waals surface area contributed by atoms with Crippen LogP contribution in [0.3, 0.4) is 0 Å². The van der Waals surface area contributed by atoms with Crippen LogP contribution in [0.2, 0.25) is 0 Å². The normalized spacial score (nSPS) is 23.5. The molecule has 1 unspecified atom stereocenters. The minimum Gasteiger partial charge on any atom is -0.481 e. The Kier molecular flexibility index (Phi) is 10.4. The lowest BCUT2D eigenvalue weighted by atomic mass is 9.86. The molecule has 1 aromatic carbocycles. The second kappa shape index (κ2) is 12.8. The molecule has 0 amide bonds. The molecule has 0 aliphatic heterocycles. The van der Waals surface area contributed by atoms with E-state index in [0.717, 1.165) is 6.42 Å². The molecular weight excluding hydrogens is 392 g/mol. The number of carbonyl (C=O) groups is 2. The van der Waals surface area contributed by atoms with E-state index in [-0.39, 0.29) is 35.9 Å². The van der Waals surface area contributed by atoms with Gasteiger partial charge in [0.05, 0.1) is 18.1 Å². The highest BCUT2D eigenvalue weighted by Crippen LogP contribution is 2.36. The second-order valence-electron chi connectivity index (χ2n) is 9.24. The quantitative estimate of drug-likeness (QED) is 0.403. The van der Waals surface area contributed by atoms with Crippen molar-refractivity contribution in [2.75, 3.05) is 0 Å². The molecule has 0 bridgehead atoms. The number of Topliss-reactive ketones (excluding diaryl/α,β-unsaturated/α-hetero) is 1. The number of carbonyl (C=O) groups excluding carboxylic acids is 1. The van der Waals surface area contributed by atoms with Crippen molar-refractivity contribution in [2.24, 2.45) is 23.7 Å². The number of ketones is 1. The zero-order chi connectivity index (χ0) is 22.8. The lowest BCUT2D eigenvalue weighted by Gasteiger charge is -2.21. The highest BCUT2D eigenvalue weighted by molar-refractivity contribution is 5.84. The van der Waals surface area contributed by atoms with Crippen LogP contribution in [-0.4, -0.2) is 39.3 Å². The predicted molar refractivity (Wildman–Crippen MR) is 122 cm³/mol. The number of rotatable bonds is 13. The molecule has 3 N–H and O–H groups in total. The van der Waals surface area contributed by atoms with E-state index in [1.165, 1.54) is 5.56 Å². The number of aliphatic hydroxyl groups is 2. The van der Waals surface area contributed by atoms with Crippen LogP contribution in [0.15, 0.2) is 42.5 Å². The first kappa shape index (κ1) is 25.3. The molecule has 5 heteroatoms. The summed E-state index contributed by atoms with van der Waals surface area (Å²) in [5.74, 6) is -1.26. The average Bonchev–Trinajstić information content (AvgIpc) is 2.99. The molecule has 0 heterocycles. The molecule has 172 valence electrons. The van der Waals surface area contributed by atoms with Crippen molar-refractivity contribution >= 4 is 11.8 Å². The average molecular weight is 431 g/mol. The standard InChI is InChI=1S/C26H38O5/c1-18(2)21(26(30)31)11-7-4-8-12-22-23(25(29)17-24(22)28)16-15-20(27)14-13-19-9-5-3-6-10-19/h3-6,8-10,18,20-24,27-28H,7,11-17H2,1-2H3,(H,30,31)/t20-,21?,22+,23+,24-/m0/s1. The van der Waals surface area contributed by atoms with Crippen LogP contribution in [0.5, 0.6) is 0 Å². The van der Waals surface area contributed by atoms with Crippen LogP contribution in [0, 0.1) is 23.7 Å². The molecule has 1 aliphatic rings. The van der Waals surface area contributed by atoms with Gasteiger partial charge in [0.15, 0.2) is 0 Å². The van der Waals surface area contributed by atoms with E-state index in [2.05, 4.69) is 0 Å². The fraction of sp³-hybridized carbons (Fsp3) is 0.615. The fourth-order valence-electron chi connectivity index (χ4n) is 4.60. The minimum atomic E-state index is -0.758. The van der Waals surface area contributed by atoms with Crippen LogP contribution in [-0.2, 0) is 16.0 Å². The molecular formula is C26H38O5. The summed E-state index contributed by atoms with van der Waals surface area (Å²) >= 11 is 0. The van der Waals surface area contributed by atoms with Gasteiger partial charge in [0.25, 0.3) is 0 Å². The highest BCUT2D eigenvalue weighted by Gasteiger charge is 2.40. The van der Waals surface area contributed by atoms with Crippen molar-refractivity contribution in [3.63, 3.8) is 0 Å². The van der Waals surface area contributed by atoms with E-state index in [0.29, 0.717) is 38.5 Å². The Morgan fingerprint density at radius 2 is 1.84 bits per heavy atom. The summed E-state index contributed by atoms with van der Waals surface area (Å²) in [6, 6.07) is 10.0. The lowest BCUT2D eigenvalue weighted by Crippen LogP contribution is -2.22. The highest BCUT2D eigenvalue weighted by atomic mass is 16.4. The van der Waals surface area contributed by atoms with Gasteiger partial charge in [-0.3, -0.25) is 9.59 Å². The molecule has 0 aromatic heterocycles. The zero-order valence-electron chi connectivity index (χ0n) is 18.8. The van der Waals surface area contributed by atoms with Gasteiger partial charge in [0.1, 0.15) is 5.78 Å². The zero-order valence-corrected chi connectivity index (χ0v) is 18.8. The molecule has 5 atom stereocenters. The Morgan fingerprint density at radius 3 is 2.48 bits per heavy atom. The lowest BCUT2D eigenvalue weighted by molar-refractivity contribution is -0.143. The third-order valence-electron chi connectivity index (χ3n) is 6.60. The Bertz CT molecular complexity index is 712. The smallest absolute Gasteiger partial charge is 0.306 e. The summed E-state index contributed by atoms with van der Waals surface area (Å²) in [7, 11) is 0. The number of carboxylic acid groups (broad SMARTS) is 1. The van der Waals surface area contributed by atoms with E-state index in [9.17, 15) is 24.9 Å². The van der Waals surface area contributed by atoms with E-state index in [4.69, 9.17) is 0 Å². The maximum Gasteiger partial charge on any atom is 0.306 e. The number of benzene rings is 1. The Hall–Kier alpha value is -1.98. The molecule has 2 rings (SSSR count). The summed E-state index contributed by atoms with van der Waals surface area (Å²) in [4.78, 5) is 23.7. The number of carboxylic acids is 1.